The van der Waals surface area contributed by atoms with E-state index in [4.69, 9.17) is 9.72 Å². The highest BCUT2D eigenvalue weighted by molar-refractivity contribution is 5.99. The molecule has 0 saturated heterocycles. The quantitative estimate of drug-likeness (QED) is 0.381. The first-order valence-electron chi connectivity index (χ1n) is 12.0. The van der Waals surface area contributed by atoms with E-state index in [2.05, 4.69) is 5.32 Å². The van der Waals surface area contributed by atoms with Crippen LogP contribution in [0.2, 0.25) is 0 Å². The maximum absolute atomic E-state index is 13.2. The molecule has 1 aliphatic rings. The van der Waals surface area contributed by atoms with E-state index in [0.29, 0.717) is 17.2 Å². The van der Waals surface area contributed by atoms with Crippen LogP contribution in [0.3, 0.4) is 0 Å². The Labute approximate surface area is 210 Å². The molecule has 4 aromatic rings. The Morgan fingerprint density at radius 3 is 2.33 bits per heavy atom. The van der Waals surface area contributed by atoms with Gasteiger partial charge in [0.1, 0.15) is 12.3 Å². The highest BCUT2D eigenvalue weighted by Crippen LogP contribution is 2.29. The number of hydrogen-bond acceptors (Lipinski definition) is 4. The molecule has 0 radical (unpaired) electrons. The number of methoxy groups -OCH3 is 1. The molecule has 1 aromatic heterocycles. The Hall–Kier alpha value is -4.39. The van der Waals surface area contributed by atoms with Crippen molar-refractivity contribution in [1.29, 1.82) is 0 Å². The monoisotopic (exact) mass is 480 g/mol. The van der Waals surface area contributed by atoms with Gasteiger partial charge in [0.15, 0.2) is 0 Å². The van der Waals surface area contributed by atoms with Crippen LogP contribution in [0.5, 0.6) is 5.75 Å². The molecule has 0 atom stereocenters. The van der Waals surface area contributed by atoms with Gasteiger partial charge in [-0.25, -0.2) is 4.98 Å². The molecule has 3 aromatic carbocycles. The van der Waals surface area contributed by atoms with Crippen molar-refractivity contribution in [3.05, 3.63) is 96.2 Å². The topological polar surface area (TPSA) is 76.5 Å². The molecule has 0 aliphatic heterocycles. The van der Waals surface area contributed by atoms with E-state index in [9.17, 15) is 9.59 Å². The van der Waals surface area contributed by atoms with Crippen molar-refractivity contribution in [2.45, 2.75) is 25.8 Å². The maximum Gasteiger partial charge on any atom is 0.254 e. The minimum Gasteiger partial charge on any atom is -0.497 e. The van der Waals surface area contributed by atoms with Gasteiger partial charge in [-0.05, 0) is 68.3 Å². The molecular weight excluding hydrogens is 452 g/mol. The van der Waals surface area contributed by atoms with Gasteiger partial charge >= 0.3 is 0 Å². The lowest BCUT2D eigenvalue weighted by molar-refractivity contribution is -0.117. The number of anilines is 1. The first-order chi connectivity index (χ1) is 17.5. The summed E-state index contributed by atoms with van der Waals surface area (Å²) in [7, 11) is 1.63. The summed E-state index contributed by atoms with van der Waals surface area (Å²) in [5, 5.41) is 2.95. The van der Waals surface area contributed by atoms with Crippen molar-refractivity contribution in [1.82, 2.24) is 14.5 Å². The Morgan fingerprint density at radius 2 is 1.69 bits per heavy atom. The normalized spacial score (nSPS) is 12.7. The number of carbonyl (C=O) groups is 2. The average Bonchev–Trinajstić information content (AvgIpc) is 3.68. The Balaban J connectivity index is 1.41. The van der Waals surface area contributed by atoms with Crippen LogP contribution in [0.4, 0.5) is 5.95 Å². The predicted octanol–water partition coefficient (Wildman–Crippen LogP) is 5.10. The van der Waals surface area contributed by atoms with E-state index < -0.39 is 0 Å². The van der Waals surface area contributed by atoms with Crippen molar-refractivity contribution >= 4 is 17.8 Å². The van der Waals surface area contributed by atoms with Crippen molar-refractivity contribution < 1.29 is 14.3 Å². The van der Waals surface area contributed by atoms with Crippen LogP contribution in [-0.2, 0) is 4.79 Å². The number of ether oxygens (including phenoxy) is 1. The number of amides is 2. The number of nitrogens with zero attached hydrogens (tertiary/aromatic N) is 3. The highest BCUT2D eigenvalue weighted by Gasteiger charge is 2.34. The third-order valence-corrected chi connectivity index (χ3v) is 6.24. The van der Waals surface area contributed by atoms with E-state index in [1.165, 1.54) is 0 Å². The summed E-state index contributed by atoms with van der Waals surface area (Å²) in [6, 6.07) is 24.8. The lowest BCUT2D eigenvalue weighted by Gasteiger charge is -2.22. The van der Waals surface area contributed by atoms with Gasteiger partial charge in [-0.1, -0.05) is 35.9 Å². The number of imidazole rings is 1. The van der Waals surface area contributed by atoms with E-state index in [1.54, 1.807) is 24.1 Å². The van der Waals surface area contributed by atoms with Crippen LogP contribution in [0, 0.1) is 6.92 Å². The van der Waals surface area contributed by atoms with Crippen LogP contribution >= 0.6 is 0 Å². The number of hydrogen-bond donors (Lipinski definition) is 1. The van der Waals surface area contributed by atoms with Crippen molar-refractivity contribution in [3.63, 3.8) is 0 Å². The van der Waals surface area contributed by atoms with Crippen molar-refractivity contribution in [2.24, 2.45) is 0 Å². The van der Waals surface area contributed by atoms with Crippen LogP contribution in [-0.4, -0.2) is 46.0 Å². The third kappa shape index (κ3) is 5.15. The summed E-state index contributed by atoms with van der Waals surface area (Å²) >= 11 is 0. The minimum absolute atomic E-state index is 0.0307. The van der Waals surface area contributed by atoms with E-state index in [0.717, 1.165) is 35.4 Å². The fourth-order valence-corrected chi connectivity index (χ4v) is 4.09. The van der Waals surface area contributed by atoms with Crippen molar-refractivity contribution in [2.75, 3.05) is 19.0 Å². The molecule has 1 fully saturated rings. The molecule has 1 saturated carbocycles. The van der Waals surface area contributed by atoms with E-state index in [-0.39, 0.29) is 24.4 Å². The second-order valence-electron chi connectivity index (χ2n) is 8.96. The largest absolute Gasteiger partial charge is 0.497 e. The lowest BCUT2D eigenvalue weighted by atomic mass is 10.1. The smallest absolute Gasteiger partial charge is 0.254 e. The highest BCUT2D eigenvalue weighted by atomic mass is 16.5. The summed E-state index contributed by atoms with van der Waals surface area (Å²) in [6.07, 6.45) is 3.72. The van der Waals surface area contributed by atoms with Gasteiger partial charge in [0.05, 0.1) is 12.8 Å². The van der Waals surface area contributed by atoms with Crippen molar-refractivity contribution in [3.8, 4) is 22.7 Å². The molecule has 2 amide bonds. The molecule has 36 heavy (non-hydrogen) atoms. The van der Waals surface area contributed by atoms with E-state index in [1.807, 2.05) is 84.4 Å². The molecule has 182 valence electrons. The molecule has 7 nitrogen and oxygen atoms in total. The van der Waals surface area contributed by atoms with Gasteiger partial charge in [0, 0.05) is 29.1 Å². The summed E-state index contributed by atoms with van der Waals surface area (Å²) in [6.45, 7) is 2.00. The van der Waals surface area contributed by atoms with Gasteiger partial charge in [-0.2, -0.15) is 0 Å². The summed E-state index contributed by atoms with van der Waals surface area (Å²) < 4.78 is 7.12. The first kappa shape index (κ1) is 23.4. The minimum atomic E-state index is -0.286. The van der Waals surface area contributed by atoms with Gasteiger partial charge in [-0.15, -0.1) is 0 Å². The number of rotatable bonds is 8. The fourth-order valence-electron chi connectivity index (χ4n) is 4.09. The zero-order valence-electron chi connectivity index (χ0n) is 20.3. The van der Waals surface area contributed by atoms with Gasteiger partial charge < -0.3 is 9.64 Å². The zero-order valence-corrected chi connectivity index (χ0v) is 20.3. The van der Waals surface area contributed by atoms with Gasteiger partial charge in [0.2, 0.25) is 11.9 Å². The van der Waals surface area contributed by atoms with Crippen LogP contribution in [0.1, 0.15) is 28.8 Å². The molecular formula is C29H28N4O3. The van der Waals surface area contributed by atoms with Gasteiger partial charge in [0.25, 0.3) is 5.91 Å². The molecule has 5 rings (SSSR count). The summed E-state index contributed by atoms with van der Waals surface area (Å²) in [5.41, 5.74) is 4.21. The molecule has 0 bridgehead atoms. The molecule has 0 spiro atoms. The average molecular weight is 481 g/mol. The SMILES string of the molecule is COc1ccc(-c2cn(-c3ccc(C)cc3)c(NC(=O)CN(C(=O)c3ccccc3)C3CC3)n2)cc1. The molecule has 1 N–H and O–H groups in total. The Kier molecular flexibility index (Phi) is 6.54. The number of aryl methyl sites for hydroxylation is 1. The van der Waals surface area contributed by atoms with Crippen LogP contribution in [0.15, 0.2) is 85.1 Å². The van der Waals surface area contributed by atoms with Gasteiger partial charge in [-0.3, -0.25) is 19.5 Å². The fraction of sp³-hybridized carbons (Fsp3) is 0.207. The summed E-state index contributed by atoms with van der Waals surface area (Å²) in [4.78, 5) is 32.7. The van der Waals surface area contributed by atoms with Crippen LogP contribution in [0.25, 0.3) is 16.9 Å². The second kappa shape index (κ2) is 10.1. The maximum atomic E-state index is 13.2. The molecule has 1 aliphatic carbocycles. The van der Waals surface area contributed by atoms with Crippen LogP contribution < -0.4 is 10.1 Å². The predicted molar refractivity (Wildman–Crippen MR) is 139 cm³/mol. The number of nitrogens with one attached hydrogen (secondary N) is 1. The molecule has 7 heteroatoms. The summed E-state index contributed by atoms with van der Waals surface area (Å²) in [5.74, 6) is 0.742. The second-order valence-corrected chi connectivity index (χ2v) is 8.96. The first-order valence-corrected chi connectivity index (χ1v) is 12.0. The molecule has 0 unspecified atom stereocenters. The standard InChI is InChI=1S/C29H28N4O3/c1-20-8-12-24(13-9-20)33-18-26(21-10-16-25(36-2)17-11-21)30-29(33)31-27(34)19-32(23-14-15-23)28(35)22-6-4-3-5-7-22/h3-13,16-18,23H,14-15,19H2,1-2H3,(H,30,31,34). The zero-order chi connectivity index (χ0) is 25.1. The lowest BCUT2D eigenvalue weighted by Crippen LogP contribution is -2.39. The van der Waals surface area contributed by atoms with E-state index >= 15 is 0 Å². The Morgan fingerprint density at radius 1 is 1.00 bits per heavy atom. The third-order valence-electron chi connectivity index (χ3n) is 6.24. The Bertz CT molecular complexity index is 1360. The number of benzene rings is 3. The number of carbonyl (C=O) groups excluding carboxylic acids is 2. The molecule has 1 heterocycles. The number of aromatic nitrogens is 2.